The van der Waals surface area contributed by atoms with Crippen molar-refractivity contribution in [2.24, 2.45) is 0 Å². The quantitative estimate of drug-likeness (QED) is 0.474. The Morgan fingerprint density at radius 2 is 2.31 bits per heavy atom. The Morgan fingerprint density at radius 3 is 2.81 bits per heavy atom. The van der Waals surface area contributed by atoms with E-state index < -0.39 is 4.92 Å². The summed E-state index contributed by atoms with van der Waals surface area (Å²) >= 11 is 3.08. The number of ether oxygens (including phenoxy) is 1. The highest BCUT2D eigenvalue weighted by Crippen LogP contribution is 2.28. The zero-order valence-electron chi connectivity index (χ0n) is 8.18. The molecular weight excluding hydrogens is 278 g/mol. The number of rotatable bonds is 5. The molecule has 0 spiro atoms. The van der Waals surface area contributed by atoms with E-state index in [0.717, 1.165) is 0 Å². The number of nitro groups is 1. The van der Waals surface area contributed by atoms with Crippen LogP contribution in [0.5, 0.6) is 5.75 Å². The van der Waals surface area contributed by atoms with Crippen molar-refractivity contribution in [2.45, 2.75) is 0 Å². The van der Waals surface area contributed by atoms with Crippen molar-refractivity contribution in [3.8, 4) is 5.75 Å². The third-order valence-electron chi connectivity index (χ3n) is 1.70. The average Bonchev–Trinajstić information content (AvgIpc) is 2.25. The predicted molar refractivity (Wildman–Crippen MR) is 62.0 cm³/mol. The van der Waals surface area contributed by atoms with Crippen molar-refractivity contribution in [2.75, 3.05) is 6.61 Å². The van der Waals surface area contributed by atoms with Gasteiger partial charge in [-0.05, 0) is 12.1 Å². The largest absolute Gasteiger partial charge is 0.481 e. The van der Waals surface area contributed by atoms with Gasteiger partial charge in [0.15, 0.2) is 5.75 Å². The summed E-state index contributed by atoms with van der Waals surface area (Å²) in [5, 5.41) is 10.7. The molecule has 0 aliphatic rings. The molecular formula is C10H8BrNO4. The van der Waals surface area contributed by atoms with E-state index in [1.807, 2.05) is 0 Å². The highest BCUT2D eigenvalue weighted by Gasteiger charge is 2.15. The monoisotopic (exact) mass is 285 g/mol. The molecule has 0 heterocycles. The SMILES string of the molecule is C=C(Br)COc1ccc(C=O)cc1[N+](=O)[O-]. The number of halogens is 1. The molecule has 1 aromatic carbocycles. The molecule has 84 valence electrons. The van der Waals surface area contributed by atoms with Gasteiger partial charge in [-0.2, -0.15) is 0 Å². The molecule has 0 amide bonds. The summed E-state index contributed by atoms with van der Waals surface area (Å²) in [4.78, 5) is 20.6. The molecule has 1 aromatic rings. The van der Waals surface area contributed by atoms with Crippen LogP contribution in [0.2, 0.25) is 0 Å². The molecule has 0 saturated heterocycles. The summed E-state index contributed by atoms with van der Waals surface area (Å²) in [5.74, 6) is 0.108. The maximum absolute atomic E-state index is 10.7. The lowest BCUT2D eigenvalue weighted by Gasteiger charge is -2.05. The van der Waals surface area contributed by atoms with Gasteiger partial charge in [-0.3, -0.25) is 14.9 Å². The molecule has 1 rings (SSSR count). The van der Waals surface area contributed by atoms with Crippen LogP contribution in [0.15, 0.2) is 29.3 Å². The predicted octanol–water partition coefficient (Wildman–Crippen LogP) is 2.69. The number of carbonyl (C=O) groups excluding carboxylic acids is 1. The Balaban J connectivity index is 3.03. The fraction of sp³-hybridized carbons (Fsp3) is 0.100. The standard InChI is InChI=1S/C10H8BrNO4/c1-7(11)6-16-10-3-2-8(5-13)4-9(10)12(14)15/h2-5H,1,6H2. The van der Waals surface area contributed by atoms with Gasteiger partial charge in [0.1, 0.15) is 12.9 Å². The molecule has 6 heteroatoms. The van der Waals surface area contributed by atoms with Crippen LogP contribution in [-0.2, 0) is 0 Å². The van der Waals surface area contributed by atoms with Crippen molar-refractivity contribution >= 4 is 27.9 Å². The maximum atomic E-state index is 10.7. The number of hydrogen-bond acceptors (Lipinski definition) is 4. The maximum Gasteiger partial charge on any atom is 0.311 e. The van der Waals surface area contributed by atoms with E-state index in [1.165, 1.54) is 18.2 Å². The highest BCUT2D eigenvalue weighted by molar-refractivity contribution is 9.11. The number of nitro benzene ring substituents is 1. The van der Waals surface area contributed by atoms with Gasteiger partial charge >= 0.3 is 5.69 Å². The van der Waals surface area contributed by atoms with Crippen molar-refractivity contribution in [1.82, 2.24) is 0 Å². The molecule has 16 heavy (non-hydrogen) atoms. The second-order valence-electron chi connectivity index (χ2n) is 2.91. The van der Waals surface area contributed by atoms with Crippen molar-refractivity contribution in [3.05, 3.63) is 44.9 Å². The first-order valence-corrected chi connectivity index (χ1v) is 5.03. The van der Waals surface area contributed by atoms with Gasteiger partial charge in [0.25, 0.3) is 0 Å². The minimum absolute atomic E-state index is 0.108. The smallest absolute Gasteiger partial charge is 0.311 e. The molecule has 0 N–H and O–H groups in total. The van der Waals surface area contributed by atoms with Crippen LogP contribution >= 0.6 is 15.9 Å². The van der Waals surface area contributed by atoms with Gasteiger partial charge in [-0.15, -0.1) is 0 Å². The zero-order chi connectivity index (χ0) is 12.1. The summed E-state index contributed by atoms with van der Waals surface area (Å²) in [6.07, 6.45) is 0.542. The highest BCUT2D eigenvalue weighted by atomic mass is 79.9. The van der Waals surface area contributed by atoms with Gasteiger partial charge in [-0.25, -0.2) is 0 Å². The van der Waals surface area contributed by atoms with Crippen LogP contribution in [0.3, 0.4) is 0 Å². The fourth-order valence-electron chi connectivity index (χ4n) is 1.03. The Labute approximate surface area is 100.0 Å². The van der Waals surface area contributed by atoms with Crippen molar-refractivity contribution in [1.29, 1.82) is 0 Å². The van der Waals surface area contributed by atoms with E-state index in [9.17, 15) is 14.9 Å². The number of hydrogen-bond donors (Lipinski definition) is 0. The normalized spacial score (nSPS) is 9.56. The second kappa shape index (κ2) is 5.41. The van der Waals surface area contributed by atoms with Gasteiger partial charge < -0.3 is 4.74 Å². The van der Waals surface area contributed by atoms with E-state index in [1.54, 1.807) is 0 Å². The molecule has 0 radical (unpaired) electrons. The molecule has 0 bridgehead atoms. The van der Waals surface area contributed by atoms with Crippen molar-refractivity contribution < 1.29 is 14.5 Å². The Kier molecular flexibility index (Phi) is 4.19. The van der Waals surface area contributed by atoms with Crippen LogP contribution in [0.4, 0.5) is 5.69 Å². The number of carbonyl (C=O) groups is 1. The number of aldehydes is 1. The summed E-state index contributed by atoms with van der Waals surface area (Å²) in [6.45, 7) is 3.67. The van der Waals surface area contributed by atoms with E-state index in [4.69, 9.17) is 4.74 Å². The van der Waals surface area contributed by atoms with Crippen LogP contribution in [0.25, 0.3) is 0 Å². The topological polar surface area (TPSA) is 69.4 Å². The molecule has 0 atom stereocenters. The summed E-state index contributed by atoms with van der Waals surface area (Å²) in [5.41, 5.74) is -0.00457. The van der Waals surface area contributed by atoms with Gasteiger partial charge in [0.05, 0.1) is 4.92 Å². The summed E-state index contributed by atoms with van der Waals surface area (Å²) in [7, 11) is 0. The van der Waals surface area contributed by atoms with E-state index in [2.05, 4.69) is 22.5 Å². The third-order valence-corrected chi connectivity index (χ3v) is 1.93. The lowest BCUT2D eigenvalue weighted by atomic mass is 10.2. The lowest BCUT2D eigenvalue weighted by molar-refractivity contribution is -0.385. The first-order chi connectivity index (χ1) is 7.54. The zero-order valence-corrected chi connectivity index (χ0v) is 9.77. The van der Waals surface area contributed by atoms with Crippen molar-refractivity contribution in [3.63, 3.8) is 0 Å². The van der Waals surface area contributed by atoms with E-state index in [0.29, 0.717) is 10.8 Å². The van der Waals surface area contributed by atoms with Gasteiger partial charge in [0, 0.05) is 16.1 Å². The second-order valence-corrected chi connectivity index (χ2v) is 4.03. The first kappa shape index (κ1) is 12.4. The Morgan fingerprint density at radius 1 is 1.62 bits per heavy atom. The third kappa shape index (κ3) is 3.16. The van der Waals surface area contributed by atoms with Crippen LogP contribution in [0, 0.1) is 10.1 Å². The Bertz CT molecular complexity index is 444. The minimum atomic E-state index is -0.598. The first-order valence-electron chi connectivity index (χ1n) is 4.24. The molecule has 0 aromatic heterocycles. The van der Waals surface area contributed by atoms with Gasteiger partial charge in [0.2, 0.25) is 0 Å². The van der Waals surface area contributed by atoms with Gasteiger partial charge in [-0.1, -0.05) is 22.5 Å². The lowest BCUT2D eigenvalue weighted by Crippen LogP contribution is -2.00. The number of benzene rings is 1. The summed E-state index contributed by atoms with van der Waals surface area (Å²) in [6, 6.07) is 4.00. The minimum Gasteiger partial charge on any atom is -0.481 e. The van der Waals surface area contributed by atoms with Crippen LogP contribution in [0.1, 0.15) is 10.4 Å². The molecule has 5 nitrogen and oxygen atoms in total. The molecule has 0 aliphatic heterocycles. The average molecular weight is 286 g/mol. The Hall–Kier alpha value is -1.69. The summed E-state index contributed by atoms with van der Waals surface area (Å²) < 4.78 is 5.73. The van der Waals surface area contributed by atoms with E-state index in [-0.39, 0.29) is 23.6 Å². The number of nitrogens with zero attached hydrogens (tertiary/aromatic N) is 1. The van der Waals surface area contributed by atoms with Crippen LogP contribution < -0.4 is 4.74 Å². The molecule has 0 saturated carbocycles. The molecule has 0 fully saturated rings. The van der Waals surface area contributed by atoms with E-state index >= 15 is 0 Å². The van der Waals surface area contributed by atoms with Crippen LogP contribution in [-0.4, -0.2) is 17.8 Å². The fourth-order valence-corrected chi connectivity index (χ4v) is 1.14. The molecule has 0 aliphatic carbocycles. The molecule has 0 unspecified atom stereocenters.